The molecule has 0 aliphatic heterocycles. The van der Waals surface area contributed by atoms with E-state index in [4.69, 9.17) is 11.6 Å². The number of anilines is 1. The fourth-order valence-corrected chi connectivity index (χ4v) is 2.60. The lowest BCUT2D eigenvalue weighted by atomic mass is 10.2. The number of hydrogen-bond donors (Lipinski definition) is 2. The van der Waals surface area contributed by atoms with Crippen molar-refractivity contribution < 1.29 is 18.0 Å². The minimum atomic E-state index is -4.78. The number of halogens is 4. The highest BCUT2D eigenvalue weighted by Gasteiger charge is 2.39. The Hall–Kier alpha value is -2.59. The van der Waals surface area contributed by atoms with Crippen LogP contribution in [-0.2, 0) is 6.18 Å². The zero-order valence-electron chi connectivity index (χ0n) is 12.2. The van der Waals surface area contributed by atoms with E-state index < -0.39 is 23.3 Å². The van der Waals surface area contributed by atoms with Gasteiger partial charge in [0.15, 0.2) is 5.69 Å². The zero-order valence-corrected chi connectivity index (χ0v) is 13.8. The van der Waals surface area contributed by atoms with Gasteiger partial charge in [0.05, 0.1) is 11.3 Å². The molecule has 11 heteroatoms. The molecule has 25 heavy (non-hydrogen) atoms. The highest BCUT2D eigenvalue weighted by molar-refractivity contribution is 7.12. The van der Waals surface area contributed by atoms with E-state index in [2.05, 4.69) is 20.9 Å². The molecule has 0 saturated carbocycles. The standard InChI is InChI=1S/C14H9ClF3N5OS/c15-8-1-3-9(4-2-8)20-21-12(24)10-7-23(13-19-5-6-25-13)22-11(10)14(16,17)18/h1-7,20H,(H,21,24). The van der Waals surface area contributed by atoms with E-state index in [-0.39, 0.29) is 5.13 Å². The molecule has 0 bridgehead atoms. The summed E-state index contributed by atoms with van der Waals surface area (Å²) in [5.74, 6) is -0.981. The van der Waals surface area contributed by atoms with Crippen molar-refractivity contribution >= 4 is 34.5 Å². The van der Waals surface area contributed by atoms with Gasteiger partial charge in [-0.25, -0.2) is 9.67 Å². The molecule has 0 unspecified atom stereocenters. The third kappa shape index (κ3) is 3.91. The van der Waals surface area contributed by atoms with Gasteiger partial charge in [0.1, 0.15) is 0 Å². The number of aromatic nitrogens is 3. The first-order chi connectivity index (χ1) is 11.8. The maximum Gasteiger partial charge on any atom is 0.435 e. The molecule has 0 aliphatic rings. The number of thiazole rings is 1. The number of hydrazine groups is 1. The van der Waals surface area contributed by atoms with Gasteiger partial charge in [0, 0.05) is 22.8 Å². The van der Waals surface area contributed by atoms with Crippen LogP contribution < -0.4 is 10.9 Å². The zero-order chi connectivity index (χ0) is 18.0. The van der Waals surface area contributed by atoms with Gasteiger partial charge in [0.25, 0.3) is 5.91 Å². The van der Waals surface area contributed by atoms with Crippen LogP contribution in [-0.4, -0.2) is 20.7 Å². The van der Waals surface area contributed by atoms with Crippen LogP contribution in [0, 0.1) is 0 Å². The Morgan fingerprint density at radius 2 is 1.96 bits per heavy atom. The molecule has 2 aromatic heterocycles. The summed E-state index contributed by atoms with van der Waals surface area (Å²) in [6.45, 7) is 0. The molecular formula is C14H9ClF3N5OS. The quantitative estimate of drug-likeness (QED) is 0.669. The molecule has 0 aliphatic carbocycles. The van der Waals surface area contributed by atoms with Crippen molar-refractivity contribution in [3.8, 4) is 5.13 Å². The van der Waals surface area contributed by atoms with E-state index in [1.807, 2.05) is 0 Å². The Morgan fingerprint density at radius 3 is 2.56 bits per heavy atom. The summed E-state index contributed by atoms with van der Waals surface area (Å²) in [7, 11) is 0. The van der Waals surface area contributed by atoms with Crippen molar-refractivity contribution in [1.82, 2.24) is 20.2 Å². The first-order valence-electron chi connectivity index (χ1n) is 6.73. The monoisotopic (exact) mass is 387 g/mol. The summed E-state index contributed by atoms with van der Waals surface area (Å²) in [4.78, 5) is 16.0. The Kier molecular flexibility index (Phi) is 4.64. The van der Waals surface area contributed by atoms with Crippen molar-refractivity contribution in [3.63, 3.8) is 0 Å². The second kappa shape index (κ2) is 6.73. The molecular weight excluding hydrogens is 379 g/mol. The van der Waals surface area contributed by atoms with E-state index in [0.717, 1.165) is 22.2 Å². The smallest absolute Gasteiger partial charge is 0.298 e. The van der Waals surface area contributed by atoms with Gasteiger partial charge in [-0.1, -0.05) is 11.6 Å². The van der Waals surface area contributed by atoms with Crippen molar-refractivity contribution in [3.05, 3.63) is 58.3 Å². The highest BCUT2D eigenvalue weighted by Crippen LogP contribution is 2.31. The molecule has 0 atom stereocenters. The first kappa shape index (κ1) is 17.2. The fourth-order valence-electron chi connectivity index (χ4n) is 1.91. The van der Waals surface area contributed by atoms with Crippen molar-refractivity contribution in [2.24, 2.45) is 0 Å². The Labute approximate surface area is 148 Å². The Balaban J connectivity index is 1.84. The first-order valence-corrected chi connectivity index (χ1v) is 7.99. The van der Waals surface area contributed by atoms with Crippen LogP contribution in [0.2, 0.25) is 5.02 Å². The summed E-state index contributed by atoms with van der Waals surface area (Å²) in [5.41, 5.74) is 3.26. The molecule has 2 N–H and O–H groups in total. The van der Waals surface area contributed by atoms with E-state index in [0.29, 0.717) is 10.7 Å². The van der Waals surface area contributed by atoms with E-state index in [9.17, 15) is 18.0 Å². The molecule has 2 heterocycles. The molecule has 3 rings (SSSR count). The number of nitrogens with one attached hydrogen (secondary N) is 2. The van der Waals surface area contributed by atoms with Crippen molar-refractivity contribution in [1.29, 1.82) is 0 Å². The SMILES string of the molecule is O=C(NNc1ccc(Cl)cc1)c1cn(-c2nccs2)nc1C(F)(F)F. The van der Waals surface area contributed by atoms with Crippen LogP contribution in [0.5, 0.6) is 0 Å². The Morgan fingerprint density at radius 1 is 1.24 bits per heavy atom. The largest absolute Gasteiger partial charge is 0.435 e. The van der Waals surface area contributed by atoms with Gasteiger partial charge in [-0.05, 0) is 24.3 Å². The topological polar surface area (TPSA) is 71.8 Å². The maximum absolute atomic E-state index is 13.2. The fraction of sp³-hybridized carbons (Fsp3) is 0.0714. The van der Waals surface area contributed by atoms with Gasteiger partial charge in [-0.15, -0.1) is 11.3 Å². The van der Waals surface area contributed by atoms with Gasteiger partial charge < -0.3 is 0 Å². The highest BCUT2D eigenvalue weighted by atomic mass is 35.5. The molecule has 0 radical (unpaired) electrons. The predicted molar refractivity (Wildman–Crippen MR) is 86.8 cm³/mol. The number of rotatable bonds is 4. The van der Waals surface area contributed by atoms with Crippen LogP contribution in [0.25, 0.3) is 5.13 Å². The Bertz CT molecular complexity index is 877. The van der Waals surface area contributed by atoms with Crippen LogP contribution in [0.3, 0.4) is 0 Å². The number of benzene rings is 1. The summed E-state index contributed by atoms with van der Waals surface area (Å²) in [6, 6.07) is 6.26. The summed E-state index contributed by atoms with van der Waals surface area (Å²) in [6.07, 6.45) is -2.37. The number of carbonyl (C=O) groups is 1. The third-order valence-electron chi connectivity index (χ3n) is 3.01. The average molecular weight is 388 g/mol. The normalized spacial score (nSPS) is 11.4. The lowest BCUT2D eigenvalue weighted by molar-refractivity contribution is -0.141. The molecule has 3 aromatic rings. The molecule has 0 saturated heterocycles. The van der Waals surface area contributed by atoms with Crippen molar-refractivity contribution in [2.75, 3.05) is 5.43 Å². The number of amides is 1. The minimum absolute atomic E-state index is 0.218. The van der Waals surface area contributed by atoms with Crippen LogP contribution in [0.4, 0.5) is 18.9 Å². The van der Waals surface area contributed by atoms with E-state index >= 15 is 0 Å². The second-order valence-electron chi connectivity index (χ2n) is 4.73. The maximum atomic E-state index is 13.2. The lowest BCUT2D eigenvalue weighted by Crippen LogP contribution is -2.30. The van der Waals surface area contributed by atoms with Gasteiger partial charge in [-0.2, -0.15) is 18.3 Å². The number of hydrogen-bond acceptors (Lipinski definition) is 5. The molecule has 130 valence electrons. The summed E-state index contributed by atoms with van der Waals surface area (Å²) < 4.78 is 40.4. The van der Waals surface area contributed by atoms with Gasteiger partial charge in [0.2, 0.25) is 5.13 Å². The number of alkyl halides is 3. The molecule has 0 spiro atoms. The minimum Gasteiger partial charge on any atom is -0.298 e. The van der Waals surface area contributed by atoms with E-state index in [1.54, 1.807) is 29.6 Å². The molecule has 1 amide bonds. The summed E-state index contributed by atoms with van der Waals surface area (Å²) in [5, 5.41) is 5.74. The lowest BCUT2D eigenvalue weighted by Gasteiger charge is -2.09. The third-order valence-corrected chi connectivity index (χ3v) is 4.02. The van der Waals surface area contributed by atoms with Crippen molar-refractivity contribution in [2.45, 2.75) is 6.18 Å². The van der Waals surface area contributed by atoms with Crippen LogP contribution in [0.15, 0.2) is 42.0 Å². The summed E-state index contributed by atoms with van der Waals surface area (Å²) >= 11 is 6.83. The predicted octanol–water partition coefficient (Wildman–Crippen LogP) is 3.76. The number of carbonyl (C=O) groups excluding carboxylic acids is 1. The van der Waals surface area contributed by atoms with Crippen LogP contribution in [0.1, 0.15) is 16.1 Å². The van der Waals surface area contributed by atoms with E-state index in [1.165, 1.54) is 6.20 Å². The number of nitrogens with zero attached hydrogens (tertiary/aromatic N) is 3. The molecule has 1 aromatic carbocycles. The van der Waals surface area contributed by atoms with Crippen LogP contribution >= 0.6 is 22.9 Å². The van der Waals surface area contributed by atoms with Gasteiger partial charge in [-0.3, -0.25) is 15.6 Å². The molecule has 6 nitrogen and oxygen atoms in total. The molecule has 0 fully saturated rings. The van der Waals surface area contributed by atoms with Gasteiger partial charge >= 0.3 is 6.18 Å². The average Bonchev–Trinajstić information content (AvgIpc) is 3.22. The second-order valence-corrected chi connectivity index (χ2v) is 6.04.